The number of carbonyl (C=O) groups is 2. The fourth-order valence-electron chi connectivity index (χ4n) is 2.08. The minimum Gasteiger partial charge on any atom is -0.368 e. The van der Waals surface area contributed by atoms with Gasteiger partial charge in [-0.15, -0.1) is 0 Å². The Kier molecular flexibility index (Phi) is 3.74. The zero-order chi connectivity index (χ0) is 15.7. The van der Waals surface area contributed by atoms with E-state index in [4.69, 9.17) is 5.73 Å². The molecule has 21 heavy (non-hydrogen) atoms. The molecule has 0 saturated carbocycles. The molecule has 2 heterocycles. The van der Waals surface area contributed by atoms with Crippen LogP contribution >= 0.6 is 0 Å². The Morgan fingerprint density at radius 1 is 1.33 bits per heavy atom. The van der Waals surface area contributed by atoms with Gasteiger partial charge in [0.05, 0.1) is 6.33 Å². The molecular weight excluding hydrogens is 278 g/mol. The topological polar surface area (TPSA) is 122 Å². The van der Waals surface area contributed by atoms with E-state index in [1.165, 1.54) is 29.4 Å². The Balaban J connectivity index is 2.70. The van der Waals surface area contributed by atoms with E-state index in [0.29, 0.717) is 0 Å². The standard InChI is InChI=1S/C12H15N5O4/c1-7(18)3-4-17-11(20)9-10(15(2)12(17)21)14-6-16(9)5-8(13)19/h6H,3-5H2,1-2H3,(H2,13,19). The summed E-state index contributed by atoms with van der Waals surface area (Å²) in [6.45, 7) is 1.15. The van der Waals surface area contributed by atoms with Crippen molar-refractivity contribution in [1.29, 1.82) is 0 Å². The summed E-state index contributed by atoms with van der Waals surface area (Å²) < 4.78 is 3.46. The molecule has 0 aliphatic heterocycles. The van der Waals surface area contributed by atoms with Crippen LogP contribution in [0.3, 0.4) is 0 Å². The van der Waals surface area contributed by atoms with Crippen molar-refractivity contribution in [3.8, 4) is 0 Å². The van der Waals surface area contributed by atoms with Gasteiger partial charge in [0.2, 0.25) is 5.91 Å². The molecule has 9 nitrogen and oxygen atoms in total. The molecule has 0 unspecified atom stereocenters. The predicted octanol–water partition coefficient (Wildman–Crippen LogP) is -1.64. The van der Waals surface area contributed by atoms with Gasteiger partial charge in [-0.1, -0.05) is 0 Å². The zero-order valence-corrected chi connectivity index (χ0v) is 11.7. The van der Waals surface area contributed by atoms with E-state index < -0.39 is 17.2 Å². The van der Waals surface area contributed by atoms with Crippen LogP contribution in [0, 0.1) is 0 Å². The number of hydrogen-bond acceptors (Lipinski definition) is 5. The van der Waals surface area contributed by atoms with Gasteiger partial charge in [0.25, 0.3) is 5.56 Å². The monoisotopic (exact) mass is 293 g/mol. The van der Waals surface area contributed by atoms with E-state index in [0.717, 1.165) is 4.57 Å². The summed E-state index contributed by atoms with van der Waals surface area (Å²) in [5, 5.41) is 0. The highest BCUT2D eigenvalue weighted by molar-refractivity contribution is 5.77. The molecule has 2 aromatic heterocycles. The van der Waals surface area contributed by atoms with E-state index in [-0.39, 0.29) is 36.5 Å². The third kappa shape index (κ3) is 2.62. The number of amides is 1. The number of nitrogens with two attached hydrogens (primary N) is 1. The second kappa shape index (κ2) is 5.35. The van der Waals surface area contributed by atoms with Gasteiger partial charge in [-0.05, 0) is 6.92 Å². The first-order valence-electron chi connectivity index (χ1n) is 6.25. The minimum absolute atomic E-state index is 0.0153. The van der Waals surface area contributed by atoms with Crippen molar-refractivity contribution < 1.29 is 9.59 Å². The van der Waals surface area contributed by atoms with Gasteiger partial charge in [0.15, 0.2) is 11.2 Å². The highest BCUT2D eigenvalue weighted by Crippen LogP contribution is 2.05. The van der Waals surface area contributed by atoms with Crippen molar-refractivity contribution in [2.45, 2.75) is 26.4 Å². The van der Waals surface area contributed by atoms with Crippen LogP contribution in [0.4, 0.5) is 0 Å². The number of rotatable bonds is 5. The van der Waals surface area contributed by atoms with Crippen LogP contribution in [-0.4, -0.2) is 30.4 Å². The largest absolute Gasteiger partial charge is 0.368 e. The van der Waals surface area contributed by atoms with Crippen molar-refractivity contribution in [1.82, 2.24) is 18.7 Å². The molecule has 0 bridgehead atoms. The maximum atomic E-state index is 12.4. The summed E-state index contributed by atoms with van der Waals surface area (Å²) >= 11 is 0. The second-order valence-electron chi connectivity index (χ2n) is 4.76. The van der Waals surface area contributed by atoms with Gasteiger partial charge < -0.3 is 10.3 Å². The van der Waals surface area contributed by atoms with Crippen LogP contribution in [0.5, 0.6) is 0 Å². The van der Waals surface area contributed by atoms with E-state index >= 15 is 0 Å². The third-order valence-electron chi connectivity index (χ3n) is 3.12. The van der Waals surface area contributed by atoms with Crippen LogP contribution in [0.2, 0.25) is 0 Å². The predicted molar refractivity (Wildman–Crippen MR) is 73.7 cm³/mol. The molecule has 0 spiro atoms. The van der Waals surface area contributed by atoms with Crippen molar-refractivity contribution in [2.75, 3.05) is 0 Å². The van der Waals surface area contributed by atoms with Crippen LogP contribution in [0.1, 0.15) is 13.3 Å². The summed E-state index contributed by atoms with van der Waals surface area (Å²) in [6, 6.07) is 0. The van der Waals surface area contributed by atoms with Gasteiger partial charge in [-0.25, -0.2) is 9.78 Å². The van der Waals surface area contributed by atoms with E-state index in [1.54, 1.807) is 0 Å². The van der Waals surface area contributed by atoms with Crippen LogP contribution in [0.25, 0.3) is 11.2 Å². The molecular formula is C12H15N5O4. The van der Waals surface area contributed by atoms with Crippen molar-refractivity contribution in [3.05, 3.63) is 27.2 Å². The van der Waals surface area contributed by atoms with E-state index in [1.807, 2.05) is 0 Å². The normalized spacial score (nSPS) is 11.0. The minimum atomic E-state index is -0.627. The van der Waals surface area contributed by atoms with Crippen LogP contribution in [0.15, 0.2) is 15.9 Å². The molecule has 112 valence electrons. The molecule has 2 rings (SSSR count). The molecule has 0 aromatic carbocycles. The summed E-state index contributed by atoms with van der Waals surface area (Å²) in [7, 11) is 1.47. The summed E-state index contributed by atoms with van der Waals surface area (Å²) in [5.74, 6) is -0.757. The number of aryl methyl sites for hydroxylation is 1. The van der Waals surface area contributed by atoms with Gasteiger partial charge >= 0.3 is 5.69 Å². The molecule has 1 amide bonds. The van der Waals surface area contributed by atoms with Gasteiger partial charge in [0, 0.05) is 20.0 Å². The number of aromatic nitrogens is 4. The first kappa shape index (κ1) is 14.7. The lowest BCUT2D eigenvalue weighted by Crippen LogP contribution is -2.40. The Morgan fingerprint density at radius 3 is 2.57 bits per heavy atom. The molecule has 2 aromatic rings. The van der Waals surface area contributed by atoms with Gasteiger partial charge in [0.1, 0.15) is 12.3 Å². The average molecular weight is 293 g/mol. The average Bonchev–Trinajstić information content (AvgIpc) is 2.79. The number of nitrogens with zero attached hydrogens (tertiary/aromatic N) is 4. The number of fused-ring (bicyclic) bond motifs is 1. The summed E-state index contributed by atoms with van der Waals surface area (Å²) in [5.41, 5.74) is 4.25. The molecule has 9 heteroatoms. The van der Waals surface area contributed by atoms with Crippen LogP contribution < -0.4 is 17.0 Å². The van der Waals surface area contributed by atoms with Crippen molar-refractivity contribution >= 4 is 22.9 Å². The lowest BCUT2D eigenvalue weighted by atomic mass is 10.3. The fraction of sp³-hybridized carbons (Fsp3) is 0.417. The van der Waals surface area contributed by atoms with Crippen LogP contribution in [-0.2, 0) is 29.7 Å². The molecule has 0 radical (unpaired) electrons. The van der Waals surface area contributed by atoms with Gasteiger partial charge in [-0.2, -0.15) is 0 Å². The maximum Gasteiger partial charge on any atom is 0.332 e. The maximum absolute atomic E-state index is 12.4. The number of carbonyl (C=O) groups excluding carboxylic acids is 2. The SMILES string of the molecule is CC(=O)CCn1c(=O)c2c(ncn2CC(N)=O)n(C)c1=O. The quantitative estimate of drug-likeness (QED) is 0.708. The number of ketones is 1. The third-order valence-corrected chi connectivity index (χ3v) is 3.12. The Bertz CT molecular complexity index is 842. The molecule has 0 aliphatic rings. The van der Waals surface area contributed by atoms with E-state index in [2.05, 4.69) is 4.98 Å². The molecule has 0 aliphatic carbocycles. The molecule has 0 saturated heterocycles. The molecule has 0 atom stereocenters. The number of hydrogen-bond donors (Lipinski definition) is 1. The highest BCUT2D eigenvalue weighted by atomic mass is 16.2. The number of imidazole rings is 1. The summed E-state index contributed by atoms with van der Waals surface area (Å²) in [4.78, 5) is 50.6. The smallest absolute Gasteiger partial charge is 0.332 e. The number of primary amides is 1. The van der Waals surface area contributed by atoms with E-state index in [9.17, 15) is 19.2 Å². The molecule has 0 fully saturated rings. The molecule has 2 N–H and O–H groups in total. The first-order valence-corrected chi connectivity index (χ1v) is 6.25. The number of Topliss-reactive ketones (excluding diaryl/α,β-unsaturated/α-hetero) is 1. The summed E-state index contributed by atoms with van der Waals surface area (Å²) in [6.07, 6.45) is 1.36. The Morgan fingerprint density at radius 2 is 2.00 bits per heavy atom. The lowest BCUT2D eigenvalue weighted by molar-refractivity contribution is -0.118. The Labute approximate surface area is 118 Å². The zero-order valence-electron chi connectivity index (χ0n) is 11.7. The fourth-order valence-corrected chi connectivity index (χ4v) is 2.08. The van der Waals surface area contributed by atoms with Gasteiger partial charge in [-0.3, -0.25) is 23.5 Å². The first-order chi connectivity index (χ1) is 9.82. The second-order valence-corrected chi connectivity index (χ2v) is 4.76. The lowest BCUT2D eigenvalue weighted by Gasteiger charge is -2.08. The van der Waals surface area contributed by atoms with Crippen molar-refractivity contribution in [2.24, 2.45) is 12.8 Å². The highest BCUT2D eigenvalue weighted by Gasteiger charge is 2.17. The van der Waals surface area contributed by atoms with Crippen molar-refractivity contribution in [3.63, 3.8) is 0 Å². The Hall–Kier alpha value is -2.71.